The summed E-state index contributed by atoms with van der Waals surface area (Å²) in [6.07, 6.45) is 0. The summed E-state index contributed by atoms with van der Waals surface area (Å²) < 4.78 is 13.5. The molecule has 19 heavy (non-hydrogen) atoms. The van der Waals surface area contributed by atoms with E-state index in [-0.39, 0.29) is 0 Å². The van der Waals surface area contributed by atoms with Crippen LogP contribution in [-0.2, 0) is 0 Å². The fourth-order valence-corrected chi connectivity index (χ4v) is 1.27. The molecule has 0 atom stereocenters. The van der Waals surface area contributed by atoms with Crippen LogP contribution in [0.5, 0.6) is 0 Å². The van der Waals surface area contributed by atoms with Gasteiger partial charge in [0.1, 0.15) is 5.82 Å². The molecule has 0 aliphatic heterocycles. The van der Waals surface area contributed by atoms with E-state index in [0.29, 0.717) is 0 Å². The maximum Gasteiger partial charge on any atom is 0.270 e. The van der Waals surface area contributed by atoms with E-state index in [1.165, 1.54) is 6.92 Å². The zero-order valence-electron chi connectivity index (χ0n) is 10.1. The molecular formula is C11H13FN2O5. The van der Waals surface area contributed by atoms with E-state index >= 15 is 0 Å². The Morgan fingerprint density at radius 2 is 2.05 bits per heavy atom. The second kappa shape index (κ2) is 5.72. The lowest BCUT2D eigenvalue weighted by Gasteiger charge is -2.26. The van der Waals surface area contributed by atoms with Gasteiger partial charge in [-0.3, -0.25) is 14.9 Å². The molecular weight excluding hydrogens is 259 g/mol. The number of aliphatic hydroxyl groups excluding tert-OH is 2. The van der Waals surface area contributed by atoms with Gasteiger partial charge in [-0.05, 0) is 13.0 Å². The molecule has 0 bridgehead atoms. The summed E-state index contributed by atoms with van der Waals surface area (Å²) in [5, 5.41) is 30.8. The quantitative estimate of drug-likeness (QED) is 0.523. The summed E-state index contributed by atoms with van der Waals surface area (Å²) in [5.74, 6) is -1.88. The Hall–Kier alpha value is -2.06. The smallest absolute Gasteiger partial charge is 0.270 e. The molecule has 0 saturated heterocycles. The Balaban J connectivity index is 3.06. The van der Waals surface area contributed by atoms with Crippen LogP contribution in [0.3, 0.4) is 0 Å². The molecule has 0 aliphatic carbocycles. The van der Waals surface area contributed by atoms with Gasteiger partial charge in [-0.2, -0.15) is 0 Å². The third kappa shape index (κ3) is 3.46. The van der Waals surface area contributed by atoms with Crippen molar-refractivity contribution in [2.75, 3.05) is 13.2 Å². The van der Waals surface area contributed by atoms with Crippen LogP contribution in [0.4, 0.5) is 10.1 Å². The van der Waals surface area contributed by atoms with Gasteiger partial charge < -0.3 is 15.5 Å². The average Bonchev–Trinajstić information content (AvgIpc) is 2.38. The lowest BCUT2D eigenvalue weighted by Crippen LogP contribution is -2.51. The molecule has 0 heterocycles. The van der Waals surface area contributed by atoms with Crippen molar-refractivity contribution in [1.82, 2.24) is 5.32 Å². The number of hydrogen-bond donors (Lipinski definition) is 3. The Morgan fingerprint density at radius 3 is 2.53 bits per heavy atom. The predicted molar refractivity (Wildman–Crippen MR) is 63.1 cm³/mol. The van der Waals surface area contributed by atoms with Crippen molar-refractivity contribution in [1.29, 1.82) is 0 Å². The molecule has 104 valence electrons. The minimum Gasteiger partial charge on any atom is -0.394 e. The number of amides is 1. The molecule has 0 spiro atoms. The molecule has 0 aliphatic rings. The van der Waals surface area contributed by atoms with Crippen LogP contribution in [0, 0.1) is 15.9 Å². The summed E-state index contributed by atoms with van der Waals surface area (Å²) in [6.45, 7) is 0.220. The number of halogens is 1. The molecule has 1 aromatic carbocycles. The Labute approximate surface area is 107 Å². The third-order valence-corrected chi connectivity index (χ3v) is 2.52. The fourth-order valence-electron chi connectivity index (χ4n) is 1.27. The van der Waals surface area contributed by atoms with Crippen molar-refractivity contribution < 1.29 is 24.3 Å². The summed E-state index contributed by atoms with van der Waals surface area (Å²) in [5.41, 5.74) is -2.29. The van der Waals surface area contributed by atoms with E-state index in [4.69, 9.17) is 10.2 Å². The molecule has 0 unspecified atom stereocenters. The van der Waals surface area contributed by atoms with Gasteiger partial charge in [-0.15, -0.1) is 0 Å². The maximum absolute atomic E-state index is 13.5. The largest absolute Gasteiger partial charge is 0.394 e. The van der Waals surface area contributed by atoms with E-state index in [1.807, 2.05) is 0 Å². The average molecular weight is 272 g/mol. The SMILES string of the molecule is CC(CO)(CO)NC(=O)c1cc([N+](=O)[O-])ccc1F. The van der Waals surface area contributed by atoms with Crippen molar-refractivity contribution in [2.45, 2.75) is 12.5 Å². The number of nitrogens with zero attached hydrogens (tertiary/aromatic N) is 1. The first-order chi connectivity index (χ1) is 8.83. The summed E-state index contributed by atoms with van der Waals surface area (Å²) in [6, 6.07) is 2.53. The predicted octanol–water partition coefficient (Wildman–Crippen LogP) is 0.207. The zero-order valence-corrected chi connectivity index (χ0v) is 10.1. The standard InChI is InChI=1S/C11H13FN2O5/c1-11(5-15,6-16)13-10(17)8-4-7(14(18)19)2-3-9(8)12/h2-4,15-16H,5-6H2,1H3,(H,13,17). The van der Waals surface area contributed by atoms with Crippen LogP contribution in [-0.4, -0.2) is 39.8 Å². The van der Waals surface area contributed by atoms with Gasteiger partial charge in [0, 0.05) is 12.1 Å². The highest BCUT2D eigenvalue weighted by Gasteiger charge is 2.27. The van der Waals surface area contributed by atoms with E-state index in [0.717, 1.165) is 18.2 Å². The fraction of sp³-hybridized carbons (Fsp3) is 0.364. The molecule has 1 aromatic rings. The van der Waals surface area contributed by atoms with Gasteiger partial charge in [-0.1, -0.05) is 0 Å². The number of nitro benzene ring substituents is 1. The zero-order chi connectivity index (χ0) is 14.6. The van der Waals surface area contributed by atoms with Crippen LogP contribution < -0.4 is 5.32 Å². The molecule has 3 N–H and O–H groups in total. The number of carbonyl (C=O) groups is 1. The van der Waals surface area contributed by atoms with Crippen LogP contribution >= 0.6 is 0 Å². The first kappa shape index (κ1) is 15.0. The molecule has 0 fully saturated rings. The molecule has 0 saturated carbocycles. The van der Waals surface area contributed by atoms with Crippen LogP contribution in [0.15, 0.2) is 18.2 Å². The highest BCUT2D eigenvalue weighted by molar-refractivity contribution is 5.95. The number of benzene rings is 1. The number of carbonyl (C=O) groups excluding carboxylic acids is 1. The number of nitrogens with one attached hydrogen (secondary N) is 1. The van der Waals surface area contributed by atoms with Gasteiger partial charge in [0.2, 0.25) is 0 Å². The maximum atomic E-state index is 13.5. The van der Waals surface area contributed by atoms with Gasteiger partial charge in [0.05, 0.1) is 29.2 Å². The summed E-state index contributed by atoms with van der Waals surface area (Å²) in [7, 11) is 0. The van der Waals surface area contributed by atoms with Gasteiger partial charge in [0.15, 0.2) is 0 Å². The Bertz CT molecular complexity index is 502. The molecule has 8 heteroatoms. The number of rotatable bonds is 5. The topological polar surface area (TPSA) is 113 Å². The van der Waals surface area contributed by atoms with E-state index in [9.17, 15) is 19.3 Å². The molecule has 1 amide bonds. The van der Waals surface area contributed by atoms with Crippen molar-refractivity contribution in [3.05, 3.63) is 39.7 Å². The van der Waals surface area contributed by atoms with Crippen molar-refractivity contribution in [2.24, 2.45) is 0 Å². The van der Waals surface area contributed by atoms with Crippen molar-refractivity contribution >= 4 is 11.6 Å². The second-order valence-corrected chi connectivity index (χ2v) is 4.25. The van der Waals surface area contributed by atoms with Gasteiger partial charge in [0.25, 0.3) is 11.6 Å². The van der Waals surface area contributed by atoms with Crippen molar-refractivity contribution in [3.8, 4) is 0 Å². The monoisotopic (exact) mass is 272 g/mol. The number of hydrogen-bond acceptors (Lipinski definition) is 5. The third-order valence-electron chi connectivity index (χ3n) is 2.52. The molecule has 0 aromatic heterocycles. The van der Waals surface area contributed by atoms with E-state index in [1.54, 1.807) is 0 Å². The summed E-state index contributed by atoms with van der Waals surface area (Å²) >= 11 is 0. The lowest BCUT2D eigenvalue weighted by atomic mass is 10.0. The Kier molecular flexibility index (Phi) is 4.52. The Morgan fingerprint density at radius 1 is 1.47 bits per heavy atom. The normalized spacial score (nSPS) is 11.2. The van der Waals surface area contributed by atoms with Crippen LogP contribution in [0.1, 0.15) is 17.3 Å². The lowest BCUT2D eigenvalue weighted by molar-refractivity contribution is -0.384. The van der Waals surface area contributed by atoms with Gasteiger partial charge in [-0.25, -0.2) is 4.39 Å². The first-order valence-electron chi connectivity index (χ1n) is 5.31. The number of aliphatic hydroxyl groups is 2. The molecule has 1 rings (SSSR count). The van der Waals surface area contributed by atoms with E-state index < -0.39 is 46.7 Å². The molecule has 7 nitrogen and oxygen atoms in total. The van der Waals surface area contributed by atoms with Gasteiger partial charge >= 0.3 is 0 Å². The second-order valence-electron chi connectivity index (χ2n) is 4.25. The molecule has 0 radical (unpaired) electrons. The minimum absolute atomic E-state index is 0.429. The van der Waals surface area contributed by atoms with Crippen LogP contribution in [0.25, 0.3) is 0 Å². The summed E-state index contributed by atoms with van der Waals surface area (Å²) in [4.78, 5) is 21.6. The highest BCUT2D eigenvalue weighted by Crippen LogP contribution is 2.17. The highest BCUT2D eigenvalue weighted by atomic mass is 19.1. The number of non-ortho nitro benzene ring substituents is 1. The van der Waals surface area contributed by atoms with E-state index in [2.05, 4.69) is 5.32 Å². The first-order valence-corrected chi connectivity index (χ1v) is 5.31. The van der Waals surface area contributed by atoms with Crippen LogP contribution in [0.2, 0.25) is 0 Å². The van der Waals surface area contributed by atoms with Crippen molar-refractivity contribution in [3.63, 3.8) is 0 Å². The minimum atomic E-state index is -1.34. The number of nitro groups is 1.